The van der Waals surface area contributed by atoms with Crippen LogP contribution in [0.1, 0.15) is 13.3 Å². The summed E-state index contributed by atoms with van der Waals surface area (Å²) < 4.78 is 8.61. The lowest BCUT2D eigenvalue weighted by Crippen LogP contribution is -2.43. The Morgan fingerprint density at radius 2 is 1.93 bits per heavy atom. The van der Waals surface area contributed by atoms with E-state index in [9.17, 15) is 9.36 Å². The van der Waals surface area contributed by atoms with Gasteiger partial charge in [-0.3, -0.25) is 9.36 Å². The molecule has 0 unspecified atom stereocenters. The van der Waals surface area contributed by atoms with E-state index in [0.717, 1.165) is 0 Å². The number of halogens is 3. The third kappa shape index (κ3) is 4.82. The topological polar surface area (TPSA) is 86.6 Å². The quantitative estimate of drug-likeness (QED) is 0.540. The van der Waals surface area contributed by atoms with Crippen molar-refractivity contribution in [1.29, 1.82) is 0 Å². The second kappa shape index (κ2) is 5.01. The van der Waals surface area contributed by atoms with Crippen LogP contribution in [0.3, 0.4) is 0 Å². The Labute approximate surface area is 95.9 Å². The summed E-state index contributed by atoms with van der Waals surface area (Å²) in [6.07, 6.45) is 0.0389. The van der Waals surface area contributed by atoms with Crippen LogP contribution in [0.5, 0.6) is 0 Å². The van der Waals surface area contributed by atoms with Crippen molar-refractivity contribution < 1.29 is 19.1 Å². The van der Waals surface area contributed by atoms with Gasteiger partial charge in [0.15, 0.2) is 5.78 Å². The molecular weight excluding hydrogens is 275 g/mol. The number of nitrogens with one attached hydrogen (secondary N) is 1. The van der Waals surface area contributed by atoms with Crippen molar-refractivity contribution in [2.24, 2.45) is 0 Å². The second-order valence-corrected chi connectivity index (χ2v) is 6.52. The van der Waals surface area contributed by atoms with E-state index in [1.807, 2.05) is 5.32 Å². The monoisotopic (exact) mass is 283 g/mol. The Morgan fingerprint density at radius 3 is 2.14 bits per heavy atom. The van der Waals surface area contributed by atoms with Crippen LogP contribution in [-0.4, -0.2) is 25.3 Å². The van der Waals surface area contributed by atoms with Crippen LogP contribution in [0.4, 0.5) is 0 Å². The summed E-state index contributed by atoms with van der Waals surface area (Å²) in [6, 6.07) is 0. The van der Waals surface area contributed by atoms with Gasteiger partial charge in [0.1, 0.15) is 0 Å². The Morgan fingerprint density at radius 1 is 1.50 bits per heavy atom. The van der Waals surface area contributed by atoms with E-state index in [0.29, 0.717) is 0 Å². The molecule has 0 aromatic carbocycles. The summed E-state index contributed by atoms with van der Waals surface area (Å²) in [5.74, 6) is -2.43. The summed E-state index contributed by atoms with van der Waals surface area (Å²) in [6.45, 7) is 1.50. The van der Waals surface area contributed by atoms with Crippen LogP contribution in [0.2, 0.25) is 0 Å². The molecule has 9 heteroatoms. The molecule has 3 N–H and O–H groups in total. The Hall–Kier alpha value is 0.490. The highest BCUT2D eigenvalue weighted by Gasteiger charge is 2.45. The molecule has 0 aliphatic heterocycles. The zero-order chi connectivity index (χ0) is 11.6. The minimum absolute atomic E-state index is 0.0389. The van der Waals surface area contributed by atoms with Gasteiger partial charge in [0, 0.05) is 6.42 Å². The Kier molecular flexibility index (Phi) is 5.19. The average Bonchev–Trinajstić information content (AvgIpc) is 1.95. The van der Waals surface area contributed by atoms with Crippen molar-refractivity contribution in [2.45, 2.75) is 22.9 Å². The number of carbonyl (C=O) groups is 1. The average molecular weight is 284 g/mol. The zero-order valence-corrected chi connectivity index (χ0v) is 10.2. The van der Waals surface area contributed by atoms with Gasteiger partial charge in [-0.25, -0.2) is 0 Å². The third-order valence-corrected chi connectivity index (χ3v) is 3.57. The molecule has 0 bridgehead atoms. The van der Waals surface area contributed by atoms with Crippen LogP contribution < -0.4 is 5.32 Å². The van der Waals surface area contributed by atoms with E-state index in [1.54, 1.807) is 0 Å². The number of hydrogen-bond donors (Lipinski definition) is 3. The molecule has 84 valence electrons. The van der Waals surface area contributed by atoms with Crippen LogP contribution in [-0.2, 0) is 9.36 Å². The van der Waals surface area contributed by atoms with Gasteiger partial charge in [-0.05, 0) is 0 Å². The second-order valence-electron chi connectivity index (χ2n) is 2.45. The third-order valence-electron chi connectivity index (χ3n) is 1.27. The van der Waals surface area contributed by atoms with Gasteiger partial charge in [0.05, 0.1) is 0 Å². The molecule has 0 fully saturated rings. The summed E-state index contributed by atoms with van der Waals surface area (Å²) in [5.41, 5.74) is 0. The maximum absolute atomic E-state index is 10.9. The highest BCUT2D eigenvalue weighted by Crippen LogP contribution is 2.50. The number of rotatable bonds is 3. The minimum Gasteiger partial charge on any atom is -0.339 e. The van der Waals surface area contributed by atoms with Crippen LogP contribution in [0.25, 0.3) is 0 Å². The lowest BCUT2D eigenvalue weighted by atomic mass is 10.4. The van der Waals surface area contributed by atoms with Gasteiger partial charge in [-0.2, -0.15) is 0 Å². The smallest absolute Gasteiger partial charge is 0.339 e. The van der Waals surface area contributed by atoms with E-state index in [1.165, 1.54) is 6.92 Å². The van der Waals surface area contributed by atoms with E-state index < -0.39 is 23.1 Å². The van der Waals surface area contributed by atoms with Crippen molar-refractivity contribution >= 4 is 48.3 Å². The summed E-state index contributed by atoms with van der Waals surface area (Å²) in [4.78, 5) is 28.5. The van der Waals surface area contributed by atoms with Crippen molar-refractivity contribution in [3.05, 3.63) is 0 Å². The minimum atomic E-state index is -4.69. The molecule has 0 aromatic rings. The van der Waals surface area contributed by atoms with Crippen molar-refractivity contribution in [1.82, 2.24) is 5.32 Å². The molecule has 0 radical (unpaired) electrons. The fraction of sp³-hybridized carbons (Fsp3) is 0.800. The van der Waals surface area contributed by atoms with Crippen LogP contribution >= 0.6 is 42.4 Å². The normalized spacial score (nSPS) is 15.0. The highest BCUT2D eigenvalue weighted by molar-refractivity contribution is 7.53. The SMILES string of the molecule is CCC(=O)N[C@H](C(Cl)(Cl)Cl)P(=O)(O)O. The molecule has 0 aliphatic carbocycles. The number of amides is 1. The number of hydrogen-bond acceptors (Lipinski definition) is 2. The standard InChI is InChI=1S/C5H9Cl3NO4P/c1-2-3(10)9-4(5(6,7)8)14(11,12)13/h4H,2H2,1H3,(H,9,10)(H2,11,12,13)/t4-/m0/s1. The first kappa shape index (κ1) is 14.5. The summed E-state index contributed by atoms with van der Waals surface area (Å²) >= 11 is 15.9. The van der Waals surface area contributed by atoms with Crippen molar-refractivity contribution in [2.75, 3.05) is 0 Å². The molecule has 0 aliphatic rings. The fourth-order valence-corrected chi connectivity index (χ4v) is 2.61. The number of alkyl halides is 3. The van der Waals surface area contributed by atoms with E-state index in [2.05, 4.69) is 0 Å². The number of carbonyl (C=O) groups excluding carboxylic acids is 1. The maximum atomic E-state index is 10.9. The van der Waals surface area contributed by atoms with Crippen molar-refractivity contribution in [3.8, 4) is 0 Å². The van der Waals surface area contributed by atoms with Gasteiger partial charge in [0.2, 0.25) is 9.70 Å². The predicted molar refractivity (Wildman–Crippen MR) is 54.6 cm³/mol. The largest absolute Gasteiger partial charge is 0.352 e. The van der Waals surface area contributed by atoms with Gasteiger partial charge < -0.3 is 15.1 Å². The lowest BCUT2D eigenvalue weighted by molar-refractivity contribution is -0.121. The van der Waals surface area contributed by atoms with Gasteiger partial charge in [-0.1, -0.05) is 41.7 Å². The summed E-state index contributed by atoms with van der Waals surface area (Å²) in [5, 5.41) is 1.95. The molecule has 0 aromatic heterocycles. The van der Waals surface area contributed by atoms with E-state index in [-0.39, 0.29) is 6.42 Å². The van der Waals surface area contributed by atoms with Gasteiger partial charge in [-0.15, -0.1) is 0 Å². The first-order valence-corrected chi connectivity index (χ1v) is 6.32. The van der Waals surface area contributed by atoms with Gasteiger partial charge >= 0.3 is 7.60 Å². The highest BCUT2D eigenvalue weighted by atomic mass is 35.6. The first-order chi connectivity index (χ1) is 6.09. The first-order valence-electron chi connectivity index (χ1n) is 3.50. The Bertz CT molecular complexity index is 260. The molecule has 5 nitrogen and oxygen atoms in total. The summed E-state index contributed by atoms with van der Waals surface area (Å²) in [7, 11) is -4.69. The molecule has 0 rings (SSSR count). The molecule has 1 atom stereocenters. The molecule has 14 heavy (non-hydrogen) atoms. The van der Waals surface area contributed by atoms with Crippen LogP contribution in [0.15, 0.2) is 0 Å². The molecule has 0 saturated carbocycles. The predicted octanol–water partition coefficient (Wildman–Crippen LogP) is 1.39. The van der Waals surface area contributed by atoms with Gasteiger partial charge in [0.25, 0.3) is 0 Å². The molecule has 1 amide bonds. The molecule has 0 heterocycles. The molecular formula is C5H9Cl3NO4P. The molecule has 0 spiro atoms. The maximum Gasteiger partial charge on any atom is 0.352 e. The molecule has 0 saturated heterocycles. The zero-order valence-electron chi connectivity index (χ0n) is 7.08. The fourth-order valence-electron chi connectivity index (χ4n) is 0.611. The van der Waals surface area contributed by atoms with Crippen LogP contribution in [0, 0.1) is 0 Å². The van der Waals surface area contributed by atoms with Crippen molar-refractivity contribution in [3.63, 3.8) is 0 Å². The van der Waals surface area contributed by atoms with E-state index >= 15 is 0 Å². The Balaban J connectivity index is 4.77. The van der Waals surface area contributed by atoms with E-state index in [4.69, 9.17) is 44.6 Å². The lowest BCUT2D eigenvalue weighted by Gasteiger charge is -2.25.